The molecule has 2 aliphatic rings. The van der Waals surface area contributed by atoms with Gasteiger partial charge in [0.15, 0.2) is 0 Å². The van der Waals surface area contributed by atoms with Crippen molar-refractivity contribution in [3.8, 4) is 0 Å². The molecule has 0 aromatic carbocycles. The first-order chi connectivity index (χ1) is 9.97. The SMILES string of the molecule is CC(C)CCNC(=O)C(C)NC1CC2CCCC(C1)N2C. The summed E-state index contributed by atoms with van der Waals surface area (Å²) in [5.41, 5.74) is 0. The Morgan fingerprint density at radius 2 is 1.81 bits per heavy atom. The highest BCUT2D eigenvalue weighted by atomic mass is 16.2. The third-order valence-corrected chi connectivity index (χ3v) is 5.24. The first-order valence-electron chi connectivity index (χ1n) is 8.73. The molecule has 21 heavy (non-hydrogen) atoms. The van der Waals surface area contributed by atoms with Gasteiger partial charge in [-0.15, -0.1) is 0 Å². The first kappa shape index (κ1) is 16.8. The van der Waals surface area contributed by atoms with Gasteiger partial charge >= 0.3 is 0 Å². The second kappa shape index (κ2) is 7.59. The lowest BCUT2D eigenvalue weighted by atomic mass is 9.82. The zero-order chi connectivity index (χ0) is 15.4. The van der Waals surface area contributed by atoms with Crippen LogP contribution in [-0.4, -0.2) is 48.6 Å². The van der Waals surface area contributed by atoms with Crippen molar-refractivity contribution < 1.29 is 4.79 Å². The number of carbonyl (C=O) groups excluding carboxylic acids is 1. The number of rotatable bonds is 6. The average Bonchev–Trinajstić information content (AvgIpc) is 2.39. The Hall–Kier alpha value is -0.610. The Labute approximate surface area is 130 Å². The van der Waals surface area contributed by atoms with E-state index in [4.69, 9.17) is 0 Å². The molecule has 1 amide bonds. The Balaban J connectivity index is 1.75. The van der Waals surface area contributed by atoms with Gasteiger partial charge in [0.25, 0.3) is 0 Å². The van der Waals surface area contributed by atoms with Gasteiger partial charge in [0, 0.05) is 24.7 Å². The number of hydrogen-bond donors (Lipinski definition) is 2. The average molecular weight is 295 g/mol. The van der Waals surface area contributed by atoms with E-state index in [1.165, 1.54) is 32.1 Å². The van der Waals surface area contributed by atoms with Gasteiger partial charge < -0.3 is 15.5 Å². The van der Waals surface area contributed by atoms with Crippen LogP contribution < -0.4 is 10.6 Å². The molecule has 2 rings (SSSR count). The largest absolute Gasteiger partial charge is 0.355 e. The Kier molecular flexibility index (Phi) is 6.06. The summed E-state index contributed by atoms with van der Waals surface area (Å²) in [4.78, 5) is 14.7. The molecule has 4 heteroatoms. The predicted octanol–water partition coefficient (Wildman–Crippen LogP) is 2.14. The van der Waals surface area contributed by atoms with Crippen molar-refractivity contribution in [1.82, 2.24) is 15.5 Å². The van der Waals surface area contributed by atoms with E-state index >= 15 is 0 Å². The second-order valence-corrected chi connectivity index (χ2v) is 7.43. The van der Waals surface area contributed by atoms with Crippen molar-refractivity contribution >= 4 is 5.91 Å². The molecule has 0 radical (unpaired) electrons. The van der Waals surface area contributed by atoms with E-state index in [0.29, 0.717) is 24.0 Å². The van der Waals surface area contributed by atoms with E-state index in [1.807, 2.05) is 6.92 Å². The van der Waals surface area contributed by atoms with Crippen LogP contribution in [0.2, 0.25) is 0 Å². The Morgan fingerprint density at radius 1 is 1.19 bits per heavy atom. The van der Waals surface area contributed by atoms with E-state index in [0.717, 1.165) is 13.0 Å². The van der Waals surface area contributed by atoms with E-state index in [2.05, 4.69) is 36.4 Å². The van der Waals surface area contributed by atoms with Crippen LogP contribution in [-0.2, 0) is 4.79 Å². The van der Waals surface area contributed by atoms with Crippen LogP contribution in [0.5, 0.6) is 0 Å². The molecule has 0 aliphatic carbocycles. The monoisotopic (exact) mass is 295 g/mol. The van der Waals surface area contributed by atoms with E-state index in [1.54, 1.807) is 0 Å². The van der Waals surface area contributed by atoms with E-state index in [-0.39, 0.29) is 11.9 Å². The molecule has 3 unspecified atom stereocenters. The summed E-state index contributed by atoms with van der Waals surface area (Å²) in [6.45, 7) is 7.16. The standard InChI is InChI=1S/C17H33N3O/c1-12(2)8-9-18-17(21)13(3)19-14-10-15-6-5-7-16(11-14)20(15)4/h12-16,19H,5-11H2,1-4H3,(H,18,21). The maximum atomic E-state index is 12.1. The minimum absolute atomic E-state index is 0.0775. The maximum Gasteiger partial charge on any atom is 0.236 e. The van der Waals surface area contributed by atoms with Crippen molar-refractivity contribution in [3.63, 3.8) is 0 Å². The molecular weight excluding hydrogens is 262 g/mol. The van der Waals surface area contributed by atoms with Gasteiger partial charge in [-0.05, 0) is 52.0 Å². The first-order valence-corrected chi connectivity index (χ1v) is 8.73. The normalized spacial score (nSPS) is 31.2. The molecule has 0 spiro atoms. The summed E-state index contributed by atoms with van der Waals surface area (Å²) in [6.07, 6.45) is 7.45. The summed E-state index contributed by atoms with van der Waals surface area (Å²) in [6, 6.07) is 1.85. The van der Waals surface area contributed by atoms with Crippen LogP contribution in [0, 0.1) is 5.92 Å². The van der Waals surface area contributed by atoms with Gasteiger partial charge in [0.2, 0.25) is 5.91 Å². The van der Waals surface area contributed by atoms with Gasteiger partial charge in [-0.1, -0.05) is 20.3 Å². The number of amides is 1. The molecule has 2 heterocycles. The molecule has 3 atom stereocenters. The number of nitrogens with one attached hydrogen (secondary N) is 2. The van der Waals surface area contributed by atoms with Crippen molar-refractivity contribution in [2.75, 3.05) is 13.6 Å². The Morgan fingerprint density at radius 3 is 2.38 bits per heavy atom. The fourth-order valence-electron chi connectivity index (χ4n) is 3.82. The molecule has 0 aromatic rings. The van der Waals surface area contributed by atoms with Crippen molar-refractivity contribution in [3.05, 3.63) is 0 Å². The quantitative estimate of drug-likeness (QED) is 0.789. The zero-order valence-corrected chi connectivity index (χ0v) is 14.2. The maximum absolute atomic E-state index is 12.1. The zero-order valence-electron chi connectivity index (χ0n) is 14.2. The fraction of sp³-hybridized carbons (Fsp3) is 0.941. The van der Waals surface area contributed by atoms with Crippen LogP contribution in [0.4, 0.5) is 0 Å². The summed E-state index contributed by atoms with van der Waals surface area (Å²) in [7, 11) is 2.27. The lowest BCUT2D eigenvalue weighted by molar-refractivity contribution is -0.123. The van der Waals surface area contributed by atoms with Crippen LogP contribution in [0.3, 0.4) is 0 Å². The molecule has 2 saturated heterocycles. The highest BCUT2D eigenvalue weighted by molar-refractivity contribution is 5.81. The topological polar surface area (TPSA) is 44.4 Å². The number of piperidine rings is 2. The van der Waals surface area contributed by atoms with Gasteiger partial charge in [0.05, 0.1) is 6.04 Å². The fourth-order valence-corrected chi connectivity index (χ4v) is 3.82. The lowest BCUT2D eigenvalue weighted by Crippen LogP contribution is -2.57. The van der Waals surface area contributed by atoms with Gasteiger partial charge in [0.1, 0.15) is 0 Å². The number of hydrogen-bond acceptors (Lipinski definition) is 3. The van der Waals surface area contributed by atoms with Gasteiger partial charge in [-0.3, -0.25) is 4.79 Å². The minimum Gasteiger partial charge on any atom is -0.355 e. The molecule has 0 aromatic heterocycles. The summed E-state index contributed by atoms with van der Waals surface area (Å²) in [5.74, 6) is 0.793. The lowest BCUT2D eigenvalue weighted by Gasteiger charge is -2.47. The van der Waals surface area contributed by atoms with E-state index < -0.39 is 0 Å². The van der Waals surface area contributed by atoms with Crippen LogP contribution in [0.15, 0.2) is 0 Å². The minimum atomic E-state index is -0.0775. The van der Waals surface area contributed by atoms with Gasteiger partial charge in [-0.2, -0.15) is 0 Å². The summed E-state index contributed by atoms with van der Waals surface area (Å²) in [5, 5.41) is 6.62. The summed E-state index contributed by atoms with van der Waals surface area (Å²) >= 11 is 0. The molecule has 0 saturated carbocycles. The third kappa shape index (κ3) is 4.68. The second-order valence-electron chi connectivity index (χ2n) is 7.43. The third-order valence-electron chi connectivity index (χ3n) is 5.24. The number of carbonyl (C=O) groups is 1. The molecule has 2 aliphatic heterocycles. The van der Waals surface area contributed by atoms with Crippen LogP contribution >= 0.6 is 0 Å². The number of nitrogens with zero attached hydrogens (tertiary/aromatic N) is 1. The molecule has 2 bridgehead atoms. The predicted molar refractivity (Wildman–Crippen MR) is 87.3 cm³/mol. The van der Waals surface area contributed by atoms with Gasteiger partial charge in [-0.25, -0.2) is 0 Å². The smallest absolute Gasteiger partial charge is 0.236 e. The highest BCUT2D eigenvalue weighted by Gasteiger charge is 2.36. The van der Waals surface area contributed by atoms with Crippen molar-refractivity contribution in [2.24, 2.45) is 5.92 Å². The Bertz CT molecular complexity index is 331. The molecule has 4 nitrogen and oxygen atoms in total. The molecule has 2 N–H and O–H groups in total. The highest BCUT2D eigenvalue weighted by Crippen LogP contribution is 2.32. The molecule has 2 fully saturated rings. The van der Waals surface area contributed by atoms with Crippen LogP contribution in [0.1, 0.15) is 59.3 Å². The van der Waals surface area contributed by atoms with Crippen molar-refractivity contribution in [2.45, 2.75) is 83.5 Å². The molecular formula is C17H33N3O. The van der Waals surface area contributed by atoms with Crippen LogP contribution in [0.25, 0.3) is 0 Å². The van der Waals surface area contributed by atoms with E-state index in [9.17, 15) is 4.79 Å². The summed E-state index contributed by atoms with van der Waals surface area (Å²) < 4.78 is 0. The molecule has 122 valence electrons. The van der Waals surface area contributed by atoms with Crippen molar-refractivity contribution in [1.29, 1.82) is 0 Å². The number of fused-ring (bicyclic) bond motifs is 2.